The first-order valence-corrected chi connectivity index (χ1v) is 8.91. The zero-order valence-electron chi connectivity index (χ0n) is 14.1. The van der Waals surface area contributed by atoms with Gasteiger partial charge in [-0.25, -0.2) is 18.7 Å². The molecule has 1 saturated heterocycles. The van der Waals surface area contributed by atoms with Gasteiger partial charge in [-0.3, -0.25) is 4.90 Å². The predicted molar refractivity (Wildman–Crippen MR) is 92.2 cm³/mol. The van der Waals surface area contributed by atoms with Gasteiger partial charge in [0.05, 0.1) is 0 Å². The topological polar surface area (TPSA) is 32.3 Å². The minimum Gasteiger partial charge on any atom is -0.350 e. The van der Waals surface area contributed by atoms with Crippen LogP contribution < -0.4 is 4.90 Å². The van der Waals surface area contributed by atoms with Gasteiger partial charge in [0.2, 0.25) is 0 Å². The summed E-state index contributed by atoms with van der Waals surface area (Å²) in [6, 6.07) is 7.27. The molecule has 1 aromatic heterocycles. The van der Waals surface area contributed by atoms with Gasteiger partial charge in [-0.2, -0.15) is 0 Å². The summed E-state index contributed by atoms with van der Waals surface area (Å²) >= 11 is 0. The van der Waals surface area contributed by atoms with Gasteiger partial charge < -0.3 is 4.90 Å². The van der Waals surface area contributed by atoms with Crippen molar-refractivity contribution in [3.8, 4) is 0 Å². The Morgan fingerprint density at radius 1 is 1.00 bits per heavy atom. The highest BCUT2D eigenvalue weighted by atomic mass is 19.2. The third-order valence-corrected chi connectivity index (χ3v) is 5.11. The zero-order valence-corrected chi connectivity index (χ0v) is 14.1. The van der Waals surface area contributed by atoms with E-state index in [1.54, 1.807) is 18.6 Å². The number of likely N-dealkylation sites (tertiary alicyclic amines) is 1. The molecule has 25 heavy (non-hydrogen) atoms. The van der Waals surface area contributed by atoms with Crippen molar-refractivity contribution in [3.63, 3.8) is 0 Å². The smallest absolute Gasteiger partial charge is 0.159 e. The van der Waals surface area contributed by atoms with Crippen molar-refractivity contribution >= 4 is 5.82 Å². The summed E-state index contributed by atoms with van der Waals surface area (Å²) < 4.78 is 26.4. The number of benzene rings is 1. The van der Waals surface area contributed by atoms with Crippen molar-refractivity contribution in [2.45, 2.75) is 44.3 Å². The van der Waals surface area contributed by atoms with Crippen LogP contribution in [0.3, 0.4) is 0 Å². The number of nitrogens with zero attached hydrogens (tertiary/aromatic N) is 4. The number of hydrogen-bond acceptors (Lipinski definition) is 4. The fourth-order valence-electron chi connectivity index (χ4n) is 3.71. The average molecular weight is 344 g/mol. The second-order valence-electron chi connectivity index (χ2n) is 6.96. The molecule has 1 aliphatic heterocycles. The Morgan fingerprint density at radius 2 is 1.76 bits per heavy atom. The van der Waals surface area contributed by atoms with Crippen LogP contribution in [0.2, 0.25) is 0 Å². The number of rotatable bonds is 5. The molecule has 1 aliphatic carbocycles. The van der Waals surface area contributed by atoms with E-state index in [2.05, 4.69) is 19.8 Å². The van der Waals surface area contributed by atoms with Crippen molar-refractivity contribution in [3.05, 3.63) is 54.0 Å². The number of halogens is 2. The Bertz CT molecular complexity index is 713. The Labute approximate surface area is 146 Å². The molecule has 1 aromatic carbocycles. The van der Waals surface area contributed by atoms with Gasteiger partial charge in [0, 0.05) is 37.9 Å². The number of aromatic nitrogens is 2. The molecule has 132 valence electrons. The van der Waals surface area contributed by atoms with Gasteiger partial charge in [0.1, 0.15) is 12.1 Å². The maximum absolute atomic E-state index is 13.4. The molecule has 0 atom stereocenters. The van der Waals surface area contributed by atoms with Crippen LogP contribution in [0.4, 0.5) is 14.6 Å². The summed E-state index contributed by atoms with van der Waals surface area (Å²) in [5.74, 6) is -0.528. The highest BCUT2D eigenvalue weighted by Gasteiger charge is 2.36. The van der Waals surface area contributed by atoms with Crippen molar-refractivity contribution in [1.82, 2.24) is 14.9 Å². The first kappa shape index (κ1) is 16.4. The summed E-state index contributed by atoms with van der Waals surface area (Å²) in [5.41, 5.74) is 0.826. The molecule has 0 radical (unpaired) electrons. The SMILES string of the molecule is Fc1ccc(CN2CCC(N(c3ccncn3)C3CC3)CC2)cc1F. The van der Waals surface area contributed by atoms with Crippen LogP contribution in [0.5, 0.6) is 0 Å². The van der Waals surface area contributed by atoms with Gasteiger partial charge in [-0.1, -0.05) is 6.07 Å². The largest absolute Gasteiger partial charge is 0.350 e. The van der Waals surface area contributed by atoms with E-state index < -0.39 is 11.6 Å². The predicted octanol–water partition coefficient (Wildman–Crippen LogP) is 3.39. The summed E-state index contributed by atoms with van der Waals surface area (Å²) in [7, 11) is 0. The third-order valence-electron chi connectivity index (χ3n) is 5.11. The van der Waals surface area contributed by atoms with Crippen molar-refractivity contribution in [2.75, 3.05) is 18.0 Å². The average Bonchev–Trinajstić information content (AvgIpc) is 3.46. The molecule has 4 nitrogen and oxygen atoms in total. The van der Waals surface area contributed by atoms with Crippen molar-refractivity contribution in [2.24, 2.45) is 0 Å². The van der Waals surface area contributed by atoms with Gasteiger partial charge in [-0.15, -0.1) is 0 Å². The van der Waals surface area contributed by atoms with E-state index in [-0.39, 0.29) is 0 Å². The Kier molecular flexibility index (Phi) is 4.61. The molecule has 0 spiro atoms. The van der Waals surface area contributed by atoms with Gasteiger partial charge in [0.25, 0.3) is 0 Å². The van der Waals surface area contributed by atoms with Crippen LogP contribution in [0.25, 0.3) is 0 Å². The van der Waals surface area contributed by atoms with E-state index in [9.17, 15) is 8.78 Å². The fraction of sp³-hybridized carbons (Fsp3) is 0.474. The van der Waals surface area contributed by atoms with Crippen LogP contribution in [0.15, 0.2) is 36.8 Å². The molecule has 0 amide bonds. The molecule has 0 N–H and O–H groups in total. The third kappa shape index (κ3) is 3.79. The fourth-order valence-corrected chi connectivity index (χ4v) is 3.71. The molecule has 2 fully saturated rings. The molecule has 0 bridgehead atoms. The normalized spacial score (nSPS) is 19.1. The number of piperidine rings is 1. The second-order valence-corrected chi connectivity index (χ2v) is 6.96. The Hall–Kier alpha value is -2.08. The Balaban J connectivity index is 1.38. The highest BCUT2D eigenvalue weighted by Crippen LogP contribution is 2.35. The van der Waals surface area contributed by atoms with Crippen molar-refractivity contribution in [1.29, 1.82) is 0 Å². The van der Waals surface area contributed by atoms with E-state index in [0.717, 1.165) is 37.3 Å². The summed E-state index contributed by atoms with van der Waals surface area (Å²) in [4.78, 5) is 13.2. The molecule has 6 heteroatoms. The second kappa shape index (κ2) is 7.04. The number of hydrogen-bond donors (Lipinski definition) is 0. The van der Waals surface area contributed by atoms with Crippen LogP contribution >= 0.6 is 0 Å². The molecular weight excluding hydrogens is 322 g/mol. The zero-order chi connectivity index (χ0) is 17.2. The van der Waals surface area contributed by atoms with E-state index in [1.165, 1.54) is 25.0 Å². The van der Waals surface area contributed by atoms with E-state index in [4.69, 9.17) is 0 Å². The van der Waals surface area contributed by atoms with Crippen LogP contribution in [-0.2, 0) is 6.54 Å². The first-order valence-electron chi connectivity index (χ1n) is 8.91. The quantitative estimate of drug-likeness (QED) is 0.832. The lowest BCUT2D eigenvalue weighted by molar-refractivity contribution is 0.200. The van der Waals surface area contributed by atoms with Crippen molar-refractivity contribution < 1.29 is 8.78 Å². The summed E-state index contributed by atoms with van der Waals surface area (Å²) in [6.45, 7) is 2.58. The highest BCUT2D eigenvalue weighted by molar-refractivity contribution is 5.41. The molecule has 0 unspecified atom stereocenters. The molecule has 2 aliphatic rings. The van der Waals surface area contributed by atoms with E-state index >= 15 is 0 Å². The molecule has 1 saturated carbocycles. The molecule has 2 heterocycles. The molecule has 4 rings (SSSR count). The lowest BCUT2D eigenvalue weighted by atomic mass is 10.0. The lowest BCUT2D eigenvalue weighted by Gasteiger charge is -2.39. The maximum atomic E-state index is 13.4. The maximum Gasteiger partial charge on any atom is 0.159 e. The summed E-state index contributed by atoms with van der Waals surface area (Å²) in [5, 5.41) is 0. The molecule has 2 aromatic rings. The van der Waals surface area contributed by atoms with Crippen LogP contribution in [0, 0.1) is 11.6 Å². The Morgan fingerprint density at radius 3 is 2.40 bits per heavy atom. The van der Waals surface area contributed by atoms with Gasteiger partial charge >= 0.3 is 0 Å². The first-order chi connectivity index (χ1) is 12.2. The summed E-state index contributed by atoms with van der Waals surface area (Å²) in [6.07, 6.45) is 8.01. The standard InChI is InChI=1S/C19H22F2N4/c20-17-4-1-14(11-18(17)21)12-24-9-6-16(7-10-24)25(15-2-3-15)19-5-8-22-13-23-19/h1,4-5,8,11,13,15-16H,2-3,6-7,9-10,12H2. The number of anilines is 1. The van der Waals surface area contributed by atoms with Crippen LogP contribution in [-0.4, -0.2) is 40.0 Å². The monoisotopic (exact) mass is 344 g/mol. The van der Waals surface area contributed by atoms with E-state index in [0.29, 0.717) is 18.6 Å². The molecular formula is C19H22F2N4. The lowest BCUT2D eigenvalue weighted by Crippen LogP contribution is -2.46. The van der Waals surface area contributed by atoms with E-state index in [1.807, 2.05) is 6.07 Å². The van der Waals surface area contributed by atoms with Gasteiger partial charge in [-0.05, 0) is 49.4 Å². The minimum atomic E-state index is -0.785. The van der Waals surface area contributed by atoms with Gasteiger partial charge in [0.15, 0.2) is 11.6 Å². The minimum absolute atomic E-state index is 0.489. The van der Waals surface area contributed by atoms with Crippen LogP contribution in [0.1, 0.15) is 31.2 Å².